The fraction of sp³-hybridized carbons (Fsp3) is 0.235. The molecule has 4 aromatic heterocycles. The Balaban J connectivity index is 1.69. The number of nitrogens with zero attached hydrogens (tertiary/aromatic N) is 5. The molecule has 4 rings (SSSR count). The van der Waals surface area contributed by atoms with Gasteiger partial charge >= 0.3 is 0 Å². The first-order valence-electron chi connectivity index (χ1n) is 7.65. The van der Waals surface area contributed by atoms with Crippen molar-refractivity contribution >= 4 is 5.65 Å². The van der Waals surface area contributed by atoms with Crippen LogP contribution >= 0.6 is 0 Å². The van der Waals surface area contributed by atoms with Gasteiger partial charge in [-0.15, -0.1) is 5.10 Å². The van der Waals surface area contributed by atoms with E-state index in [1.807, 2.05) is 55.1 Å². The second-order valence-electron chi connectivity index (χ2n) is 5.61. The van der Waals surface area contributed by atoms with Crippen LogP contribution in [0.1, 0.15) is 24.6 Å². The van der Waals surface area contributed by atoms with E-state index in [-0.39, 0.29) is 6.04 Å². The van der Waals surface area contributed by atoms with Crippen LogP contribution in [0.4, 0.5) is 0 Å². The minimum atomic E-state index is -0.0630. The minimum absolute atomic E-state index is 0.0630. The number of fused-ring (bicyclic) bond motifs is 1. The van der Waals surface area contributed by atoms with Gasteiger partial charge in [0.25, 0.3) is 0 Å². The van der Waals surface area contributed by atoms with Crippen molar-refractivity contribution in [2.24, 2.45) is 0 Å². The first kappa shape index (κ1) is 14.5. The monoisotopic (exact) mass is 323 g/mol. The van der Waals surface area contributed by atoms with Gasteiger partial charge in [0.2, 0.25) is 0 Å². The number of pyridine rings is 1. The van der Waals surface area contributed by atoms with E-state index in [0.29, 0.717) is 17.2 Å². The smallest absolute Gasteiger partial charge is 0.198 e. The zero-order valence-corrected chi connectivity index (χ0v) is 13.7. The summed E-state index contributed by atoms with van der Waals surface area (Å²) in [6, 6.07) is 7.53. The quantitative estimate of drug-likeness (QED) is 0.577. The Kier molecular flexibility index (Phi) is 3.34. The van der Waals surface area contributed by atoms with E-state index < -0.39 is 0 Å². The predicted molar refractivity (Wildman–Crippen MR) is 88.0 cm³/mol. The standard InChI is InChI=1S/C17H17N5O2/c1-11-6-7-14(24-11)13-9-21(10-18-13)12(2)16-19-17-15(23-3)5-4-8-22(17)20-16/h4-10,12H,1-3H3. The van der Waals surface area contributed by atoms with Gasteiger partial charge in [0, 0.05) is 12.4 Å². The van der Waals surface area contributed by atoms with E-state index in [4.69, 9.17) is 9.15 Å². The van der Waals surface area contributed by atoms with Gasteiger partial charge in [0.1, 0.15) is 11.5 Å². The van der Waals surface area contributed by atoms with E-state index in [2.05, 4.69) is 15.1 Å². The van der Waals surface area contributed by atoms with Crippen molar-refractivity contribution in [3.05, 3.63) is 54.6 Å². The van der Waals surface area contributed by atoms with Crippen LogP contribution in [0.2, 0.25) is 0 Å². The Morgan fingerprint density at radius 3 is 2.88 bits per heavy atom. The van der Waals surface area contributed by atoms with Crippen LogP contribution in [0, 0.1) is 6.92 Å². The molecule has 0 aliphatic heterocycles. The van der Waals surface area contributed by atoms with Gasteiger partial charge in [0.05, 0.1) is 19.5 Å². The van der Waals surface area contributed by atoms with Crippen LogP contribution < -0.4 is 4.74 Å². The molecule has 122 valence electrons. The molecule has 4 aromatic rings. The van der Waals surface area contributed by atoms with Gasteiger partial charge in [-0.1, -0.05) is 0 Å². The third kappa shape index (κ3) is 2.34. The van der Waals surface area contributed by atoms with Gasteiger partial charge in [-0.2, -0.15) is 0 Å². The minimum Gasteiger partial charge on any atom is -0.493 e. The first-order chi connectivity index (χ1) is 11.7. The van der Waals surface area contributed by atoms with Crippen molar-refractivity contribution in [2.75, 3.05) is 7.11 Å². The Morgan fingerprint density at radius 2 is 2.12 bits per heavy atom. The molecule has 7 heteroatoms. The lowest BCUT2D eigenvalue weighted by Crippen LogP contribution is -2.06. The zero-order valence-electron chi connectivity index (χ0n) is 13.7. The molecule has 0 amide bonds. The average Bonchev–Trinajstić information content (AvgIpc) is 3.31. The second-order valence-corrected chi connectivity index (χ2v) is 5.61. The van der Waals surface area contributed by atoms with Crippen molar-refractivity contribution < 1.29 is 9.15 Å². The highest BCUT2D eigenvalue weighted by atomic mass is 16.5. The van der Waals surface area contributed by atoms with Crippen LogP contribution in [0.15, 0.2) is 47.4 Å². The first-order valence-corrected chi connectivity index (χ1v) is 7.65. The Hall–Kier alpha value is -3.09. The fourth-order valence-electron chi connectivity index (χ4n) is 2.62. The maximum atomic E-state index is 5.62. The lowest BCUT2D eigenvalue weighted by atomic mass is 10.3. The van der Waals surface area contributed by atoms with Crippen LogP contribution in [-0.4, -0.2) is 31.3 Å². The summed E-state index contributed by atoms with van der Waals surface area (Å²) >= 11 is 0. The summed E-state index contributed by atoms with van der Waals surface area (Å²) in [5.74, 6) is 3.00. The lowest BCUT2D eigenvalue weighted by molar-refractivity contribution is 0.416. The molecule has 0 spiro atoms. The topological polar surface area (TPSA) is 70.4 Å². The van der Waals surface area contributed by atoms with Crippen molar-refractivity contribution in [1.82, 2.24) is 24.1 Å². The number of aryl methyl sites for hydroxylation is 1. The fourth-order valence-corrected chi connectivity index (χ4v) is 2.62. The van der Waals surface area contributed by atoms with Crippen LogP contribution in [0.25, 0.3) is 17.1 Å². The molecule has 1 atom stereocenters. The van der Waals surface area contributed by atoms with Gasteiger partial charge in [-0.25, -0.2) is 14.5 Å². The number of aromatic nitrogens is 5. The van der Waals surface area contributed by atoms with E-state index in [1.165, 1.54) is 0 Å². The number of hydrogen-bond donors (Lipinski definition) is 0. The third-order valence-corrected chi connectivity index (χ3v) is 3.98. The number of methoxy groups -OCH3 is 1. The van der Waals surface area contributed by atoms with Crippen molar-refractivity contribution in [3.63, 3.8) is 0 Å². The zero-order chi connectivity index (χ0) is 16.7. The third-order valence-electron chi connectivity index (χ3n) is 3.98. The van der Waals surface area contributed by atoms with Crippen molar-refractivity contribution in [2.45, 2.75) is 19.9 Å². The Bertz CT molecular complexity index is 997. The molecule has 0 aliphatic rings. The maximum absolute atomic E-state index is 5.62. The van der Waals surface area contributed by atoms with Crippen molar-refractivity contribution in [1.29, 1.82) is 0 Å². The van der Waals surface area contributed by atoms with E-state index >= 15 is 0 Å². The molecule has 0 fully saturated rings. The van der Waals surface area contributed by atoms with Crippen LogP contribution in [0.5, 0.6) is 5.75 Å². The lowest BCUT2D eigenvalue weighted by Gasteiger charge is -2.07. The molecule has 7 nitrogen and oxygen atoms in total. The molecule has 0 aromatic carbocycles. The number of furan rings is 1. The highest BCUT2D eigenvalue weighted by Crippen LogP contribution is 2.24. The highest BCUT2D eigenvalue weighted by molar-refractivity contribution is 5.53. The average molecular weight is 323 g/mol. The molecular formula is C17H17N5O2. The summed E-state index contributed by atoms with van der Waals surface area (Å²) in [7, 11) is 1.63. The maximum Gasteiger partial charge on any atom is 0.198 e. The molecule has 0 N–H and O–H groups in total. The normalized spacial score (nSPS) is 12.6. The molecule has 0 saturated heterocycles. The molecule has 4 heterocycles. The summed E-state index contributed by atoms with van der Waals surface area (Å²) in [5, 5.41) is 4.54. The molecule has 0 aliphatic carbocycles. The number of ether oxygens (including phenoxy) is 1. The SMILES string of the molecule is COc1cccn2nc(C(C)n3cnc(-c4ccc(C)o4)c3)nc12. The summed E-state index contributed by atoms with van der Waals surface area (Å²) in [4.78, 5) is 9.02. The van der Waals surface area contributed by atoms with Gasteiger partial charge in [-0.05, 0) is 38.1 Å². The largest absolute Gasteiger partial charge is 0.493 e. The molecule has 0 saturated carbocycles. The van der Waals surface area contributed by atoms with Gasteiger partial charge in [-0.3, -0.25) is 0 Å². The summed E-state index contributed by atoms with van der Waals surface area (Å²) in [5.41, 5.74) is 1.49. The van der Waals surface area contributed by atoms with Crippen LogP contribution in [-0.2, 0) is 0 Å². The molecule has 0 bridgehead atoms. The second kappa shape index (κ2) is 5.52. The molecule has 24 heavy (non-hydrogen) atoms. The predicted octanol–water partition coefficient (Wildman–Crippen LogP) is 3.11. The highest BCUT2D eigenvalue weighted by Gasteiger charge is 2.17. The molecule has 1 unspecified atom stereocenters. The van der Waals surface area contributed by atoms with Gasteiger partial charge < -0.3 is 13.7 Å². The summed E-state index contributed by atoms with van der Waals surface area (Å²) < 4.78 is 14.6. The summed E-state index contributed by atoms with van der Waals surface area (Å²) in [6.07, 6.45) is 5.55. The van der Waals surface area contributed by atoms with E-state index in [9.17, 15) is 0 Å². The van der Waals surface area contributed by atoms with Crippen molar-refractivity contribution in [3.8, 4) is 17.2 Å². The Labute approximate surface area is 138 Å². The number of rotatable bonds is 4. The van der Waals surface area contributed by atoms with Gasteiger partial charge in [0.15, 0.2) is 23.0 Å². The van der Waals surface area contributed by atoms with E-state index in [0.717, 1.165) is 17.2 Å². The molecule has 0 radical (unpaired) electrons. The van der Waals surface area contributed by atoms with Crippen LogP contribution in [0.3, 0.4) is 0 Å². The number of hydrogen-bond acceptors (Lipinski definition) is 5. The summed E-state index contributed by atoms with van der Waals surface area (Å²) in [6.45, 7) is 3.94. The Morgan fingerprint density at radius 1 is 1.25 bits per heavy atom. The molecular weight excluding hydrogens is 306 g/mol. The number of imidazole rings is 1. The van der Waals surface area contributed by atoms with E-state index in [1.54, 1.807) is 18.0 Å².